The Bertz CT molecular complexity index is 1460. The summed E-state index contributed by atoms with van der Waals surface area (Å²) in [5, 5.41) is 0.442. The summed E-state index contributed by atoms with van der Waals surface area (Å²) in [5.41, 5.74) is 3.35. The minimum atomic E-state index is -0.728. The predicted octanol–water partition coefficient (Wildman–Crippen LogP) is 3.27. The Balaban J connectivity index is 1.98. The van der Waals surface area contributed by atoms with Gasteiger partial charge in [0.25, 0.3) is 5.56 Å². The largest absolute Gasteiger partial charge is 0.365 e. The number of aryl methyl sites for hydroxylation is 2. The summed E-state index contributed by atoms with van der Waals surface area (Å²) in [6, 6.07) is 14.4. The molecule has 5 rings (SSSR count). The second-order valence-electron chi connectivity index (χ2n) is 7.96. The maximum atomic E-state index is 14.8. The first-order valence-electron chi connectivity index (χ1n) is 10.1. The van der Waals surface area contributed by atoms with E-state index < -0.39 is 11.8 Å². The lowest BCUT2D eigenvalue weighted by atomic mass is 10.0. The topological polar surface area (TPSA) is 58.2 Å². The molecule has 158 valence electrons. The molecule has 0 radical (unpaired) electrons. The molecule has 0 amide bonds. The molecule has 1 aliphatic heterocycles. The van der Waals surface area contributed by atoms with Gasteiger partial charge in [-0.25, -0.2) is 9.18 Å². The minimum Gasteiger partial charge on any atom is -0.365 e. The van der Waals surface area contributed by atoms with E-state index in [2.05, 4.69) is 0 Å². The number of halogens is 1. The van der Waals surface area contributed by atoms with Crippen molar-refractivity contribution in [2.24, 2.45) is 14.1 Å². The highest BCUT2D eigenvalue weighted by Crippen LogP contribution is 2.41. The number of nitrogens with zero attached hydrogens (tertiary/aromatic N) is 3. The van der Waals surface area contributed by atoms with E-state index in [1.165, 1.54) is 17.7 Å². The Labute approximate surface area is 177 Å². The van der Waals surface area contributed by atoms with Gasteiger partial charge >= 0.3 is 5.69 Å². The van der Waals surface area contributed by atoms with E-state index >= 15 is 0 Å². The van der Waals surface area contributed by atoms with Crippen molar-refractivity contribution >= 4 is 10.9 Å². The van der Waals surface area contributed by atoms with Crippen LogP contribution in [-0.2, 0) is 25.4 Å². The number of benzene rings is 2. The highest BCUT2D eigenvalue weighted by Gasteiger charge is 2.34. The lowest BCUT2D eigenvalue weighted by Gasteiger charge is -2.28. The molecule has 4 aromatic rings. The maximum Gasteiger partial charge on any atom is 0.331 e. The van der Waals surface area contributed by atoms with Gasteiger partial charge in [0.2, 0.25) is 0 Å². The van der Waals surface area contributed by atoms with E-state index in [4.69, 9.17) is 4.74 Å². The zero-order valence-electron chi connectivity index (χ0n) is 17.6. The second-order valence-corrected chi connectivity index (χ2v) is 7.96. The maximum absolute atomic E-state index is 14.8. The minimum absolute atomic E-state index is 0.361. The van der Waals surface area contributed by atoms with Gasteiger partial charge in [0.1, 0.15) is 11.9 Å². The van der Waals surface area contributed by atoms with Gasteiger partial charge in [-0.05, 0) is 24.6 Å². The summed E-state index contributed by atoms with van der Waals surface area (Å²) in [5.74, 6) is -0.388. The van der Waals surface area contributed by atoms with Crippen molar-refractivity contribution in [3.05, 3.63) is 92.0 Å². The van der Waals surface area contributed by atoms with Crippen LogP contribution < -0.4 is 11.2 Å². The first-order valence-corrected chi connectivity index (χ1v) is 10.1. The third-order valence-electron chi connectivity index (χ3n) is 6.03. The molecule has 7 heteroatoms. The molecule has 1 atom stereocenters. The SMILES string of the molecule is Cc1cccc(-c2c3c(=O)n(C)c(=O)n(C)c3c3n2CCO[C@@H]3c2ccccc2F)c1. The average Bonchev–Trinajstić information content (AvgIpc) is 3.12. The molecule has 0 aliphatic carbocycles. The average molecular weight is 419 g/mol. The molecule has 0 spiro atoms. The quantitative estimate of drug-likeness (QED) is 0.501. The Morgan fingerprint density at radius 2 is 1.81 bits per heavy atom. The van der Waals surface area contributed by atoms with E-state index in [9.17, 15) is 14.0 Å². The van der Waals surface area contributed by atoms with Gasteiger partial charge in [-0.15, -0.1) is 0 Å². The second kappa shape index (κ2) is 7.06. The fourth-order valence-electron chi connectivity index (χ4n) is 4.60. The van der Waals surface area contributed by atoms with Crippen LogP contribution in [0.25, 0.3) is 22.2 Å². The normalized spacial score (nSPS) is 15.9. The smallest absolute Gasteiger partial charge is 0.331 e. The summed E-state index contributed by atoms with van der Waals surface area (Å²) in [7, 11) is 3.11. The van der Waals surface area contributed by atoms with Gasteiger partial charge < -0.3 is 9.30 Å². The van der Waals surface area contributed by atoms with E-state index in [-0.39, 0.29) is 11.4 Å². The number of hydrogen-bond acceptors (Lipinski definition) is 3. The molecule has 0 fully saturated rings. The molecule has 3 heterocycles. The molecule has 6 nitrogen and oxygen atoms in total. The van der Waals surface area contributed by atoms with Gasteiger partial charge in [0.05, 0.1) is 28.9 Å². The monoisotopic (exact) mass is 419 g/mol. The molecular formula is C24H22FN3O3. The zero-order valence-corrected chi connectivity index (χ0v) is 17.6. The van der Waals surface area contributed by atoms with E-state index in [1.54, 1.807) is 25.2 Å². The van der Waals surface area contributed by atoms with Gasteiger partial charge in [0.15, 0.2) is 0 Å². The third-order valence-corrected chi connectivity index (χ3v) is 6.03. The van der Waals surface area contributed by atoms with Gasteiger partial charge in [-0.2, -0.15) is 0 Å². The number of fused-ring (bicyclic) bond motifs is 3. The first kappa shape index (κ1) is 19.5. The number of rotatable bonds is 2. The van der Waals surface area contributed by atoms with E-state index in [0.29, 0.717) is 35.3 Å². The van der Waals surface area contributed by atoms with Crippen molar-refractivity contribution < 1.29 is 9.13 Å². The lowest BCUT2D eigenvalue weighted by molar-refractivity contribution is 0.0457. The van der Waals surface area contributed by atoms with E-state index in [0.717, 1.165) is 21.4 Å². The molecule has 31 heavy (non-hydrogen) atoms. The molecule has 0 bridgehead atoms. The molecule has 0 unspecified atom stereocenters. The molecule has 0 saturated carbocycles. The van der Waals surface area contributed by atoms with Crippen LogP contribution in [0, 0.1) is 12.7 Å². The number of aromatic nitrogens is 3. The fourth-order valence-corrected chi connectivity index (χ4v) is 4.60. The highest BCUT2D eigenvalue weighted by atomic mass is 19.1. The lowest BCUT2D eigenvalue weighted by Crippen LogP contribution is -2.37. The zero-order chi connectivity index (χ0) is 21.9. The summed E-state index contributed by atoms with van der Waals surface area (Å²) in [6.45, 7) is 2.85. The van der Waals surface area contributed by atoms with Crippen LogP contribution in [0.4, 0.5) is 4.39 Å². The molecule has 1 aliphatic rings. The first-order chi connectivity index (χ1) is 14.9. The fraction of sp³-hybridized carbons (Fsp3) is 0.250. The molecule has 0 saturated heterocycles. The Morgan fingerprint density at radius 3 is 2.55 bits per heavy atom. The van der Waals surface area contributed by atoms with Gasteiger partial charge in [-0.3, -0.25) is 13.9 Å². The Hall–Kier alpha value is -3.45. The predicted molar refractivity (Wildman–Crippen MR) is 117 cm³/mol. The Morgan fingerprint density at radius 1 is 1.03 bits per heavy atom. The van der Waals surface area contributed by atoms with Crippen LogP contribution in [0.5, 0.6) is 0 Å². The van der Waals surface area contributed by atoms with Crippen LogP contribution in [0.15, 0.2) is 58.1 Å². The summed E-state index contributed by atoms with van der Waals surface area (Å²) in [4.78, 5) is 26.1. The van der Waals surface area contributed by atoms with Crippen molar-refractivity contribution in [2.75, 3.05) is 6.61 Å². The molecule has 2 aromatic carbocycles. The van der Waals surface area contributed by atoms with Crippen LogP contribution >= 0.6 is 0 Å². The van der Waals surface area contributed by atoms with E-state index in [1.807, 2.05) is 35.8 Å². The van der Waals surface area contributed by atoms with Crippen LogP contribution in [0.1, 0.15) is 22.9 Å². The van der Waals surface area contributed by atoms with Crippen LogP contribution in [0.2, 0.25) is 0 Å². The standard InChI is InChI=1S/C24H22FN3O3/c1-14-7-6-8-15(13-14)19-18-20(26(2)24(30)27(3)23(18)29)21-22(31-12-11-28(19)21)16-9-4-5-10-17(16)25/h4-10,13,22H,11-12H2,1-3H3/t22-/m1/s1. The number of ether oxygens (including phenoxy) is 1. The van der Waals surface area contributed by atoms with Gasteiger partial charge in [0, 0.05) is 26.2 Å². The van der Waals surface area contributed by atoms with Crippen LogP contribution in [0.3, 0.4) is 0 Å². The molecule has 0 N–H and O–H groups in total. The highest BCUT2D eigenvalue weighted by molar-refractivity contribution is 5.96. The van der Waals surface area contributed by atoms with Crippen molar-refractivity contribution in [1.29, 1.82) is 0 Å². The van der Waals surface area contributed by atoms with Crippen molar-refractivity contribution in [3.63, 3.8) is 0 Å². The van der Waals surface area contributed by atoms with Crippen molar-refractivity contribution in [1.82, 2.24) is 13.7 Å². The van der Waals surface area contributed by atoms with Crippen molar-refractivity contribution in [3.8, 4) is 11.3 Å². The molecular weight excluding hydrogens is 397 g/mol. The van der Waals surface area contributed by atoms with Gasteiger partial charge in [-0.1, -0.05) is 42.0 Å². The summed E-state index contributed by atoms with van der Waals surface area (Å²) >= 11 is 0. The molecule has 2 aromatic heterocycles. The van der Waals surface area contributed by atoms with Crippen molar-refractivity contribution in [2.45, 2.75) is 19.6 Å². The summed E-state index contributed by atoms with van der Waals surface area (Å²) < 4.78 is 25.4. The summed E-state index contributed by atoms with van der Waals surface area (Å²) in [6.07, 6.45) is -0.728. The Kier molecular flexibility index (Phi) is 4.44. The van der Waals surface area contributed by atoms with Crippen LogP contribution in [-0.4, -0.2) is 20.3 Å². The third kappa shape index (κ3) is 2.80. The number of hydrogen-bond donors (Lipinski definition) is 0.